The van der Waals surface area contributed by atoms with Gasteiger partial charge in [0.25, 0.3) is 0 Å². The van der Waals surface area contributed by atoms with Crippen LogP contribution in [0, 0.1) is 16.7 Å². The molecule has 1 aromatic carbocycles. The van der Waals surface area contributed by atoms with E-state index in [1.54, 1.807) is 13.0 Å². The van der Waals surface area contributed by atoms with E-state index in [0.717, 1.165) is 0 Å². The number of nitrogens with two attached hydrogens (primary N) is 1. The van der Waals surface area contributed by atoms with Crippen molar-refractivity contribution < 1.29 is 52.3 Å². The highest BCUT2D eigenvalue weighted by Crippen LogP contribution is 2.30. The van der Waals surface area contributed by atoms with Gasteiger partial charge in [0, 0.05) is 0 Å². The molecule has 232 valence electrons. The Morgan fingerprint density at radius 1 is 0.732 bits per heavy atom. The van der Waals surface area contributed by atoms with Gasteiger partial charge in [0.2, 0.25) is 0 Å². The lowest BCUT2D eigenvalue weighted by Gasteiger charge is -2.19. The fraction of sp³-hybridized carbons (Fsp3) is 0.655. The Bertz CT molecular complexity index is 1020. The van der Waals surface area contributed by atoms with E-state index in [9.17, 15) is 19.2 Å². The van der Waals surface area contributed by atoms with Crippen molar-refractivity contribution in [1.29, 1.82) is 0 Å². The molecule has 0 saturated heterocycles. The summed E-state index contributed by atoms with van der Waals surface area (Å²) < 4.78 is 36.0. The molecule has 0 aliphatic rings. The second-order valence-electron chi connectivity index (χ2n) is 12.5. The Morgan fingerprint density at radius 3 is 1.76 bits per heavy atom. The van der Waals surface area contributed by atoms with Crippen LogP contribution >= 0.6 is 0 Å². The molecule has 0 aliphatic carbocycles. The number of carbonyl (C=O) groups excluding carboxylic acids is 4. The largest absolute Gasteiger partial charge is 0.513 e. The average Bonchev–Trinajstić information content (AvgIpc) is 2.84. The molecule has 0 aromatic heterocycles. The van der Waals surface area contributed by atoms with Gasteiger partial charge in [0.1, 0.15) is 18.8 Å². The first kappa shape index (κ1) is 35.5. The highest BCUT2D eigenvalue weighted by molar-refractivity contribution is 5.76. The van der Waals surface area contributed by atoms with Gasteiger partial charge in [-0.15, -0.1) is 0 Å². The van der Waals surface area contributed by atoms with Gasteiger partial charge in [-0.25, -0.2) is 14.4 Å². The fourth-order valence-corrected chi connectivity index (χ4v) is 2.75. The molecule has 41 heavy (non-hydrogen) atoms. The molecule has 0 unspecified atom stereocenters. The molecule has 0 spiro atoms. The molecule has 12 nitrogen and oxygen atoms in total. The fourth-order valence-electron chi connectivity index (χ4n) is 2.75. The zero-order valence-corrected chi connectivity index (χ0v) is 25.6. The van der Waals surface area contributed by atoms with E-state index in [2.05, 4.69) is 0 Å². The first-order valence-corrected chi connectivity index (χ1v) is 13.4. The van der Waals surface area contributed by atoms with E-state index < -0.39 is 36.6 Å². The summed E-state index contributed by atoms with van der Waals surface area (Å²) in [5.74, 6) is -0.809. The lowest BCUT2D eigenvalue weighted by Crippen LogP contribution is -2.37. The highest BCUT2D eigenvalue weighted by atomic mass is 16.7. The molecule has 12 heteroatoms. The lowest BCUT2D eigenvalue weighted by atomic mass is 9.99. The predicted octanol–water partition coefficient (Wildman–Crippen LogP) is 5.42. The smallest absolute Gasteiger partial charge is 0.458 e. The molecule has 1 aromatic rings. The maximum Gasteiger partial charge on any atom is 0.513 e. The third-order valence-corrected chi connectivity index (χ3v) is 4.69. The van der Waals surface area contributed by atoms with E-state index in [1.165, 1.54) is 12.1 Å². The van der Waals surface area contributed by atoms with Crippen molar-refractivity contribution in [3.8, 4) is 11.5 Å². The molecular weight excluding hydrogens is 538 g/mol. The van der Waals surface area contributed by atoms with Crippen LogP contribution in [0.1, 0.15) is 67.9 Å². The third kappa shape index (κ3) is 16.3. The highest BCUT2D eigenvalue weighted by Gasteiger charge is 2.23. The van der Waals surface area contributed by atoms with Gasteiger partial charge >= 0.3 is 24.4 Å². The number of hydrogen-bond donors (Lipinski definition) is 1. The van der Waals surface area contributed by atoms with Crippen molar-refractivity contribution in [2.45, 2.75) is 80.9 Å². The van der Waals surface area contributed by atoms with Crippen LogP contribution < -0.4 is 15.2 Å². The van der Waals surface area contributed by atoms with Gasteiger partial charge in [-0.1, -0.05) is 61.5 Å². The Labute approximate surface area is 242 Å². The molecule has 0 radical (unpaired) electrons. The van der Waals surface area contributed by atoms with E-state index in [0.29, 0.717) is 5.56 Å². The molecule has 0 amide bonds. The molecule has 1 rings (SSSR count). The van der Waals surface area contributed by atoms with Crippen LogP contribution in [0.15, 0.2) is 18.2 Å². The molecule has 0 saturated carbocycles. The van der Waals surface area contributed by atoms with Crippen LogP contribution in [0.25, 0.3) is 0 Å². The molecule has 2 atom stereocenters. The second kappa shape index (κ2) is 16.0. The molecule has 0 fully saturated rings. The molecule has 0 aliphatic heterocycles. The minimum Gasteiger partial charge on any atom is -0.458 e. The summed E-state index contributed by atoms with van der Waals surface area (Å²) in [4.78, 5) is 48.7. The molecule has 0 bridgehead atoms. The van der Waals surface area contributed by atoms with Crippen molar-refractivity contribution in [2.24, 2.45) is 22.5 Å². The maximum atomic E-state index is 12.5. The van der Waals surface area contributed by atoms with Crippen molar-refractivity contribution in [3.05, 3.63) is 23.8 Å². The van der Waals surface area contributed by atoms with Crippen LogP contribution in [0.5, 0.6) is 11.5 Å². The first-order chi connectivity index (χ1) is 18.8. The summed E-state index contributed by atoms with van der Waals surface area (Å²) in [6.45, 7) is 16.8. The third-order valence-electron chi connectivity index (χ3n) is 4.69. The van der Waals surface area contributed by atoms with Gasteiger partial charge in [-0.3, -0.25) is 4.79 Å². The second-order valence-corrected chi connectivity index (χ2v) is 12.5. The summed E-state index contributed by atoms with van der Waals surface area (Å²) in [5.41, 5.74) is 5.92. The first-order valence-electron chi connectivity index (χ1n) is 13.4. The predicted molar refractivity (Wildman–Crippen MR) is 149 cm³/mol. The van der Waals surface area contributed by atoms with Gasteiger partial charge in [0.15, 0.2) is 11.5 Å². The average molecular weight is 584 g/mol. The van der Waals surface area contributed by atoms with Gasteiger partial charge in [-0.2, -0.15) is 0 Å². The normalized spacial score (nSPS) is 13.0. The van der Waals surface area contributed by atoms with E-state index in [-0.39, 0.29) is 61.1 Å². The van der Waals surface area contributed by atoms with Crippen LogP contribution in [-0.4, -0.2) is 63.0 Å². The van der Waals surface area contributed by atoms with Crippen molar-refractivity contribution in [2.75, 3.05) is 26.4 Å². The molecule has 0 heterocycles. The standard InChI is InChI=1S/C29H45NO11/c1-18(2)14-35-25(32)36-15-19(3)39-24(31)21(30)12-20-10-11-22(40-26(33)37-16-28(4,5)6)23(13-20)41-27(34)38-17-29(7,8)9/h10-11,13,18-19,21H,12,14-17,30H2,1-9H3/t19-,21-/m0/s1. The van der Waals surface area contributed by atoms with Crippen LogP contribution in [0.3, 0.4) is 0 Å². The summed E-state index contributed by atoms with van der Waals surface area (Å²) in [5, 5.41) is 0. The lowest BCUT2D eigenvalue weighted by molar-refractivity contribution is -0.152. The Kier molecular flexibility index (Phi) is 13.9. The summed E-state index contributed by atoms with van der Waals surface area (Å²) in [6, 6.07) is 3.23. The quantitative estimate of drug-likeness (QED) is 0.189. The Balaban J connectivity index is 2.89. The minimum absolute atomic E-state index is 0.00894. The van der Waals surface area contributed by atoms with Crippen LogP contribution in [0.2, 0.25) is 0 Å². The zero-order valence-electron chi connectivity index (χ0n) is 25.6. The summed E-state index contributed by atoms with van der Waals surface area (Å²) in [6.07, 6.45) is -3.62. The number of ether oxygens (including phenoxy) is 7. The van der Waals surface area contributed by atoms with Gasteiger partial charge < -0.3 is 38.9 Å². The summed E-state index contributed by atoms with van der Waals surface area (Å²) >= 11 is 0. The van der Waals surface area contributed by atoms with Gasteiger partial charge in [-0.05, 0) is 47.8 Å². The van der Waals surface area contributed by atoms with E-state index in [4.69, 9.17) is 38.9 Å². The number of rotatable bonds is 12. The Morgan fingerprint density at radius 2 is 1.24 bits per heavy atom. The molecule has 2 N–H and O–H groups in total. The van der Waals surface area contributed by atoms with Crippen molar-refractivity contribution >= 4 is 24.4 Å². The Hall–Kier alpha value is -3.54. The van der Waals surface area contributed by atoms with Crippen molar-refractivity contribution in [3.63, 3.8) is 0 Å². The minimum atomic E-state index is -1.10. The molecular formula is C29H45NO11. The van der Waals surface area contributed by atoms with Gasteiger partial charge in [0.05, 0.1) is 19.8 Å². The SMILES string of the molecule is CC(C)COC(=O)OC[C@H](C)OC(=O)[C@@H](N)Cc1ccc(OC(=O)OCC(C)(C)C)c(OC(=O)OCC(C)(C)C)c1. The number of esters is 1. The number of hydrogen-bond acceptors (Lipinski definition) is 12. The zero-order chi connectivity index (χ0) is 31.4. The number of benzene rings is 1. The van der Waals surface area contributed by atoms with E-state index >= 15 is 0 Å². The number of carbonyl (C=O) groups is 4. The maximum absolute atomic E-state index is 12.5. The topological polar surface area (TPSA) is 159 Å². The monoisotopic (exact) mass is 583 g/mol. The summed E-state index contributed by atoms with van der Waals surface area (Å²) in [7, 11) is 0. The van der Waals surface area contributed by atoms with Crippen molar-refractivity contribution in [1.82, 2.24) is 0 Å². The van der Waals surface area contributed by atoms with Crippen LogP contribution in [-0.2, 0) is 34.9 Å². The van der Waals surface area contributed by atoms with Crippen LogP contribution in [0.4, 0.5) is 14.4 Å². The van der Waals surface area contributed by atoms with E-state index in [1.807, 2.05) is 55.4 Å².